The van der Waals surface area contributed by atoms with E-state index in [4.69, 9.17) is 4.74 Å². The molecule has 22 heavy (non-hydrogen) atoms. The van der Waals surface area contributed by atoms with E-state index in [0.717, 1.165) is 18.7 Å². The summed E-state index contributed by atoms with van der Waals surface area (Å²) < 4.78 is 18.3. The van der Waals surface area contributed by atoms with Crippen LogP contribution >= 0.6 is 0 Å². The minimum absolute atomic E-state index is 0.0893. The third kappa shape index (κ3) is 5.07. The number of ether oxygens (including phenoxy) is 1. The van der Waals surface area contributed by atoms with Gasteiger partial charge in [-0.3, -0.25) is 9.69 Å². The lowest BCUT2D eigenvalue weighted by Crippen LogP contribution is -2.41. The van der Waals surface area contributed by atoms with Gasteiger partial charge < -0.3 is 10.1 Å². The number of hydrogen-bond donors (Lipinski definition) is 1. The lowest BCUT2D eigenvalue weighted by Gasteiger charge is -2.35. The van der Waals surface area contributed by atoms with Gasteiger partial charge in [0.15, 0.2) is 0 Å². The lowest BCUT2D eigenvalue weighted by molar-refractivity contribution is -0.125. The predicted molar refractivity (Wildman–Crippen MR) is 84.1 cm³/mol. The van der Waals surface area contributed by atoms with Crippen molar-refractivity contribution < 1.29 is 13.9 Å². The topological polar surface area (TPSA) is 41.6 Å². The van der Waals surface area contributed by atoms with Gasteiger partial charge in [-0.1, -0.05) is 18.6 Å². The Kier molecular flexibility index (Phi) is 6.80. The molecule has 122 valence electrons. The minimum Gasteiger partial charge on any atom is -0.372 e. The van der Waals surface area contributed by atoms with E-state index in [9.17, 15) is 9.18 Å². The van der Waals surface area contributed by atoms with Crippen LogP contribution in [0.15, 0.2) is 24.3 Å². The van der Waals surface area contributed by atoms with Crippen LogP contribution < -0.4 is 5.32 Å². The van der Waals surface area contributed by atoms with E-state index in [1.165, 1.54) is 31.4 Å². The quantitative estimate of drug-likeness (QED) is 0.841. The molecule has 0 aromatic heterocycles. The second-order valence-corrected chi connectivity index (χ2v) is 5.61. The van der Waals surface area contributed by atoms with Gasteiger partial charge in [0.1, 0.15) is 12.4 Å². The van der Waals surface area contributed by atoms with Gasteiger partial charge in [-0.2, -0.15) is 0 Å². The number of nitrogens with zero attached hydrogens (tertiary/aromatic N) is 1. The predicted octanol–water partition coefficient (Wildman–Crippen LogP) is 2.51. The molecule has 4 nitrogen and oxygen atoms in total. The fourth-order valence-corrected chi connectivity index (χ4v) is 2.83. The van der Waals surface area contributed by atoms with Crippen LogP contribution in [-0.4, -0.2) is 43.7 Å². The first-order valence-corrected chi connectivity index (χ1v) is 8.04. The molecule has 0 unspecified atom stereocenters. The van der Waals surface area contributed by atoms with E-state index in [1.807, 2.05) is 19.1 Å². The summed E-state index contributed by atoms with van der Waals surface area (Å²) in [6, 6.07) is 6.67. The second-order valence-electron chi connectivity index (χ2n) is 5.61. The number of rotatable bonds is 7. The van der Waals surface area contributed by atoms with Gasteiger partial charge in [-0.05, 0) is 50.6 Å². The van der Waals surface area contributed by atoms with Crippen molar-refractivity contribution in [2.45, 2.75) is 32.2 Å². The molecule has 1 aliphatic rings. The first-order valence-electron chi connectivity index (χ1n) is 8.04. The zero-order valence-corrected chi connectivity index (χ0v) is 13.2. The lowest BCUT2D eigenvalue weighted by atomic mass is 10.0. The van der Waals surface area contributed by atoms with E-state index < -0.39 is 0 Å². The van der Waals surface area contributed by atoms with Crippen LogP contribution in [0.1, 0.15) is 37.8 Å². The molecule has 0 aliphatic carbocycles. The molecule has 1 saturated heterocycles. The smallest absolute Gasteiger partial charge is 0.246 e. The fourth-order valence-electron chi connectivity index (χ4n) is 2.83. The third-order valence-corrected chi connectivity index (χ3v) is 4.02. The van der Waals surface area contributed by atoms with Crippen molar-refractivity contribution in [3.05, 3.63) is 35.6 Å². The van der Waals surface area contributed by atoms with Gasteiger partial charge >= 0.3 is 0 Å². The number of amides is 1. The van der Waals surface area contributed by atoms with Crippen LogP contribution in [0.5, 0.6) is 0 Å². The van der Waals surface area contributed by atoms with Crippen molar-refractivity contribution in [2.24, 2.45) is 0 Å². The van der Waals surface area contributed by atoms with Crippen LogP contribution in [0.2, 0.25) is 0 Å². The Labute approximate surface area is 131 Å². The number of carbonyl (C=O) groups is 1. The van der Waals surface area contributed by atoms with Crippen molar-refractivity contribution in [3.8, 4) is 0 Å². The molecule has 0 saturated carbocycles. The molecule has 1 aliphatic heterocycles. The van der Waals surface area contributed by atoms with Crippen LogP contribution in [0.4, 0.5) is 4.39 Å². The van der Waals surface area contributed by atoms with Crippen molar-refractivity contribution >= 4 is 5.91 Å². The van der Waals surface area contributed by atoms with E-state index >= 15 is 0 Å². The zero-order valence-electron chi connectivity index (χ0n) is 13.2. The summed E-state index contributed by atoms with van der Waals surface area (Å²) >= 11 is 0. The van der Waals surface area contributed by atoms with Crippen molar-refractivity contribution in [1.82, 2.24) is 10.2 Å². The first kappa shape index (κ1) is 16.9. The number of likely N-dealkylation sites (tertiary alicyclic amines) is 1. The highest BCUT2D eigenvalue weighted by Gasteiger charge is 2.22. The number of halogens is 1. The Morgan fingerprint density at radius 3 is 2.59 bits per heavy atom. The Morgan fingerprint density at radius 2 is 1.95 bits per heavy atom. The standard InChI is InChI=1S/C17H25FN2O2/c1-2-22-13-17(21)19-12-16(20-10-4-3-5-11-20)14-6-8-15(18)9-7-14/h6-9,16H,2-5,10-13H2,1H3,(H,19,21)/t16-/m1/s1. The molecule has 0 spiro atoms. The van der Waals surface area contributed by atoms with Gasteiger partial charge in [0, 0.05) is 13.2 Å². The Bertz CT molecular complexity index is 458. The van der Waals surface area contributed by atoms with Crippen LogP contribution in [-0.2, 0) is 9.53 Å². The number of carbonyl (C=O) groups excluding carboxylic acids is 1. The summed E-state index contributed by atoms with van der Waals surface area (Å²) in [5, 5.41) is 2.93. The van der Waals surface area contributed by atoms with Gasteiger partial charge in [0.2, 0.25) is 5.91 Å². The largest absolute Gasteiger partial charge is 0.372 e. The van der Waals surface area contributed by atoms with Gasteiger partial charge in [0.05, 0.1) is 6.04 Å². The summed E-state index contributed by atoms with van der Waals surface area (Å²) in [7, 11) is 0. The number of piperidine rings is 1. The summed E-state index contributed by atoms with van der Waals surface area (Å²) in [4.78, 5) is 14.1. The number of hydrogen-bond acceptors (Lipinski definition) is 3. The Hall–Kier alpha value is -1.46. The summed E-state index contributed by atoms with van der Waals surface area (Å²) in [5.41, 5.74) is 1.04. The molecule has 1 aromatic carbocycles. The van der Waals surface area contributed by atoms with Gasteiger partial charge in [-0.25, -0.2) is 4.39 Å². The summed E-state index contributed by atoms with van der Waals surface area (Å²) in [6.45, 7) is 5.04. The molecule has 0 radical (unpaired) electrons. The van der Waals surface area contributed by atoms with Crippen LogP contribution in [0, 0.1) is 5.82 Å². The molecule has 1 heterocycles. The molecular formula is C17H25FN2O2. The fraction of sp³-hybridized carbons (Fsp3) is 0.588. The minimum atomic E-state index is -0.235. The van der Waals surface area contributed by atoms with Gasteiger partial charge in [0.25, 0.3) is 0 Å². The molecule has 0 bridgehead atoms. The third-order valence-electron chi connectivity index (χ3n) is 4.02. The molecule has 1 aromatic rings. The highest BCUT2D eigenvalue weighted by molar-refractivity contribution is 5.77. The van der Waals surface area contributed by atoms with Crippen LogP contribution in [0.25, 0.3) is 0 Å². The maximum atomic E-state index is 13.1. The Morgan fingerprint density at radius 1 is 1.27 bits per heavy atom. The van der Waals surface area contributed by atoms with Crippen molar-refractivity contribution in [3.63, 3.8) is 0 Å². The molecule has 1 atom stereocenters. The second kappa shape index (κ2) is 8.86. The number of benzene rings is 1. The average molecular weight is 308 g/mol. The summed E-state index contributed by atoms with van der Waals surface area (Å²) in [6.07, 6.45) is 3.60. The average Bonchev–Trinajstić information content (AvgIpc) is 2.55. The molecule has 1 amide bonds. The monoisotopic (exact) mass is 308 g/mol. The maximum Gasteiger partial charge on any atom is 0.246 e. The van der Waals surface area contributed by atoms with Crippen molar-refractivity contribution in [2.75, 3.05) is 32.8 Å². The molecule has 5 heteroatoms. The molecule has 2 rings (SSSR count). The molecular weight excluding hydrogens is 283 g/mol. The van der Waals surface area contributed by atoms with E-state index in [0.29, 0.717) is 13.2 Å². The molecule has 1 fully saturated rings. The zero-order chi connectivity index (χ0) is 15.8. The SMILES string of the molecule is CCOCC(=O)NC[C@H](c1ccc(F)cc1)N1CCCCC1. The normalized spacial score (nSPS) is 17.2. The highest BCUT2D eigenvalue weighted by atomic mass is 19.1. The Balaban J connectivity index is 2.01. The van der Waals surface area contributed by atoms with Gasteiger partial charge in [-0.15, -0.1) is 0 Å². The van der Waals surface area contributed by atoms with Crippen LogP contribution in [0.3, 0.4) is 0 Å². The maximum absolute atomic E-state index is 13.1. The first-order chi connectivity index (χ1) is 10.7. The number of nitrogens with one attached hydrogen (secondary N) is 1. The van der Waals surface area contributed by atoms with E-state index in [2.05, 4.69) is 10.2 Å². The van der Waals surface area contributed by atoms with E-state index in [1.54, 1.807) is 0 Å². The summed E-state index contributed by atoms with van der Waals surface area (Å²) in [5.74, 6) is -0.340. The van der Waals surface area contributed by atoms with E-state index in [-0.39, 0.29) is 24.4 Å². The molecule has 1 N–H and O–H groups in total. The van der Waals surface area contributed by atoms with Crippen molar-refractivity contribution in [1.29, 1.82) is 0 Å². The highest BCUT2D eigenvalue weighted by Crippen LogP contribution is 2.24.